The molecule has 21 heavy (non-hydrogen) atoms. The Labute approximate surface area is 133 Å². The van der Waals surface area contributed by atoms with Gasteiger partial charge in [-0.3, -0.25) is 0 Å². The summed E-state index contributed by atoms with van der Waals surface area (Å²) in [5, 5.41) is 3.25. The van der Waals surface area contributed by atoms with E-state index in [0.29, 0.717) is 5.95 Å². The minimum Gasteiger partial charge on any atom is -0.356 e. The van der Waals surface area contributed by atoms with Gasteiger partial charge in [-0.1, -0.05) is 22.9 Å². The van der Waals surface area contributed by atoms with Crippen molar-refractivity contribution in [3.05, 3.63) is 41.0 Å². The summed E-state index contributed by atoms with van der Waals surface area (Å²) in [4.78, 5) is 11.3. The quantitative estimate of drug-likeness (QED) is 0.903. The van der Waals surface area contributed by atoms with Gasteiger partial charge in [0, 0.05) is 29.4 Å². The summed E-state index contributed by atoms with van der Waals surface area (Å²) in [6, 6.07) is 9.99. The first-order valence-electron chi connectivity index (χ1n) is 7.31. The molecular formula is C16H19BrN4. The topological polar surface area (TPSA) is 41.1 Å². The van der Waals surface area contributed by atoms with Gasteiger partial charge in [0.05, 0.1) is 0 Å². The van der Waals surface area contributed by atoms with Crippen LogP contribution in [0.4, 0.5) is 17.5 Å². The van der Waals surface area contributed by atoms with Crippen molar-refractivity contribution in [3.63, 3.8) is 0 Å². The van der Waals surface area contributed by atoms with Crippen LogP contribution in [0.2, 0.25) is 0 Å². The van der Waals surface area contributed by atoms with Crippen LogP contribution in [0.25, 0.3) is 0 Å². The highest BCUT2D eigenvalue weighted by molar-refractivity contribution is 9.10. The molecule has 0 aliphatic carbocycles. The number of nitrogens with zero attached hydrogens (tertiary/aromatic N) is 3. The van der Waals surface area contributed by atoms with Gasteiger partial charge in [0.2, 0.25) is 5.95 Å². The Bertz CT molecular complexity index is 591. The van der Waals surface area contributed by atoms with E-state index in [1.54, 1.807) is 0 Å². The van der Waals surface area contributed by atoms with Crippen LogP contribution in [0.1, 0.15) is 19.8 Å². The number of hydrogen-bond acceptors (Lipinski definition) is 4. The van der Waals surface area contributed by atoms with E-state index in [4.69, 9.17) is 0 Å². The first-order valence-corrected chi connectivity index (χ1v) is 8.10. The van der Waals surface area contributed by atoms with Gasteiger partial charge in [0.15, 0.2) is 0 Å². The van der Waals surface area contributed by atoms with Crippen molar-refractivity contribution in [1.29, 1.82) is 0 Å². The van der Waals surface area contributed by atoms with E-state index < -0.39 is 0 Å². The van der Waals surface area contributed by atoms with E-state index in [0.717, 1.165) is 35.0 Å². The maximum atomic E-state index is 4.63. The number of benzene rings is 1. The summed E-state index contributed by atoms with van der Waals surface area (Å²) in [5.74, 6) is 2.48. The van der Waals surface area contributed by atoms with Gasteiger partial charge in [0.1, 0.15) is 5.82 Å². The molecule has 0 unspecified atom stereocenters. The molecule has 5 heteroatoms. The molecule has 1 saturated heterocycles. The molecule has 1 fully saturated rings. The third-order valence-electron chi connectivity index (χ3n) is 3.85. The minimum atomic E-state index is 0.647. The maximum absolute atomic E-state index is 4.63. The molecule has 0 radical (unpaired) electrons. The molecule has 4 nitrogen and oxygen atoms in total. The Morgan fingerprint density at radius 2 is 1.86 bits per heavy atom. The highest BCUT2D eigenvalue weighted by Crippen LogP contribution is 2.23. The van der Waals surface area contributed by atoms with Gasteiger partial charge in [-0.15, -0.1) is 0 Å². The van der Waals surface area contributed by atoms with Gasteiger partial charge in [-0.25, -0.2) is 4.98 Å². The predicted octanol–water partition coefficient (Wildman–Crippen LogP) is 4.22. The second kappa shape index (κ2) is 6.43. The molecule has 0 amide bonds. The fourth-order valence-electron chi connectivity index (χ4n) is 2.49. The van der Waals surface area contributed by atoms with Crippen molar-refractivity contribution >= 4 is 33.4 Å². The molecule has 1 aromatic heterocycles. The second-order valence-corrected chi connectivity index (χ2v) is 6.46. The molecule has 3 rings (SSSR count). The molecule has 110 valence electrons. The van der Waals surface area contributed by atoms with Crippen LogP contribution < -0.4 is 10.2 Å². The molecule has 0 atom stereocenters. The van der Waals surface area contributed by atoms with Crippen molar-refractivity contribution in [3.8, 4) is 0 Å². The van der Waals surface area contributed by atoms with Crippen molar-refractivity contribution in [2.45, 2.75) is 19.8 Å². The lowest BCUT2D eigenvalue weighted by molar-refractivity contribution is 0.436. The van der Waals surface area contributed by atoms with Gasteiger partial charge in [0.25, 0.3) is 0 Å². The smallest absolute Gasteiger partial charge is 0.229 e. The molecule has 1 N–H and O–H groups in total. The van der Waals surface area contributed by atoms with Crippen molar-refractivity contribution in [2.24, 2.45) is 5.92 Å². The SMILES string of the molecule is CC1CCN(c2ccnc(Nc3ccc(Br)cc3)n2)CC1. The fourth-order valence-corrected chi connectivity index (χ4v) is 2.75. The average molecular weight is 347 g/mol. The Morgan fingerprint density at radius 3 is 2.57 bits per heavy atom. The zero-order valence-corrected chi connectivity index (χ0v) is 13.7. The molecule has 1 aromatic carbocycles. The van der Waals surface area contributed by atoms with Crippen LogP contribution >= 0.6 is 15.9 Å². The van der Waals surface area contributed by atoms with Crippen molar-refractivity contribution in [1.82, 2.24) is 9.97 Å². The van der Waals surface area contributed by atoms with Crippen LogP contribution in [0, 0.1) is 5.92 Å². The number of rotatable bonds is 3. The zero-order valence-electron chi connectivity index (χ0n) is 12.1. The summed E-state index contributed by atoms with van der Waals surface area (Å²) >= 11 is 3.43. The van der Waals surface area contributed by atoms with Gasteiger partial charge < -0.3 is 10.2 Å². The van der Waals surface area contributed by atoms with Crippen LogP contribution in [-0.4, -0.2) is 23.1 Å². The van der Waals surface area contributed by atoms with E-state index in [1.165, 1.54) is 12.8 Å². The van der Waals surface area contributed by atoms with E-state index >= 15 is 0 Å². The molecule has 0 saturated carbocycles. The number of halogens is 1. The maximum Gasteiger partial charge on any atom is 0.229 e. The standard InChI is InChI=1S/C16H19BrN4/c1-12-7-10-21(11-8-12)15-6-9-18-16(20-15)19-14-4-2-13(17)3-5-14/h2-6,9,12H,7-8,10-11H2,1H3,(H,18,19,20). The Hall–Kier alpha value is -1.62. The first kappa shape index (κ1) is 14.3. The van der Waals surface area contributed by atoms with Crippen LogP contribution in [-0.2, 0) is 0 Å². The third-order valence-corrected chi connectivity index (χ3v) is 4.38. The third kappa shape index (κ3) is 3.73. The number of aromatic nitrogens is 2. The van der Waals surface area contributed by atoms with Crippen molar-refractivity contribution in [2.75, 3.05) is 23.3 Å². The highest BCUT2D eigenvalue weighted by Gasteiger charge is 2.17. The minimum absolute atomic E-state index is 0.647. The predicted molar refractivity (Wildman–Crippen MR) is 90.1 cm³/mol. The molecule has 2 heterocycles. The average Bonchev–Trinajstić information content (AvgIpc) is 2.51. The summed E-state index contributed by atoms with van der Waals surface area (Å²) in [5.41, 5.74) is 0.989. The molecule has 0 spiro atoms. The number of anilines is 3. The van der Waals surface area contributed by atoms with E-state index in [-0.39, 0.29) is 0 Å². The van der Waals surface area contributed by atoms with Gasteiger partial charge in [-0.2, -0.15) is 4.98 Å². The number of piperidine rings is 1. The van der Waals surface area contributed by atoms with Crippen molar-refractivity contribution < 1.29 is 0 Å². The summed E-state index contributed by atoms with van der Waals surface area (Å²) in [6.07, 6.45) is 4.29. The van der Waals surface area contributed by atoms with E-state index in [1.807, 2.05) is 36.5 Å². The lowest BCUT2D eigenvalue weighted by atomic mass is 9.99. The highest BCUT2D eigenvalue weighted by atomic mass is 79.9. The molecule has 1 aliphatic rings. The lowest BCUT2D eigenvalue weighted by Gasteiger charge is -2.31. The number of hydrogen-bond donors (Lipinski definition) is 1. The Kier molecular flexibility index (Phi) is 4.39. The molecule has 1 aliphatic heterocycles. The van der Waals surface area contributed by atoms with Crippen LogP contribution in [0.5, 0.6) is 0 Å². The van der Waals surface area contributed by atoms with Crippen LogP contribution in [0.15, 0.2) is 41.0 Å². The van der Waals surface area contributed by atoms with E-state index in [9.17, 15) is 0 Å². The van der Waals surface area contributed by atoms with Gasteiger partial charge in [-0.05, 0) is 49.1 Å². The Balaban J connectivity index is 1.72. The van der Waals surface area contributed by atoms with E-state index in [2.05, 4.69) is 43.0 Å². The second-order valence-electron chi connectivity index (χ2n) is 5.54. The van der Waals surface area contributed by atoms with Gasteiger partial charge >= 0.3 is 0 Å². The lowest BCUT2D eigenvalue weighted by Crippen LogP contribution is -2.33. The molecule has 2 aromatic rings. The monoisotopic (exact) mass is 346 g/mol. The number of nitrogens with one attached hydrogen (secondary N) is 1. The zero-order chi connectivity index (χ0) is 14.7. The Morgan fingerprint density at radius 1 is 1.14 bits per heavy atom. The fraction of sp³-hybridized carbons (Fsp3) is 0.375. The largest absolute Gasteiger partial charge is 0.356 e. The normalized spacial score (nSPS) is 16.0. The summed E-state index contributed by atoms with van der Waals surface area (Å²) in [6.45, 7) is 4.48. The molecular weight excluding hydrogens is 328 g/mol. The summed E-state index contributed by atoms with van der Waals surface area (Å²) in [7, 11) is 0. The first-order chi connectivity index (χ1) is 10.2. The summed E-state index contributed by atoms with van der Waals surface area (Å²) < 4.78 is 1.06. The molecule has 0 bridgehead atoms. The van der Waals surface area contributed by atoms with Crippen LogP contribution in [0.3, 0.4) is 0 Å².